The van der Waals surface area contributed by atoms with E-state index in [1.807, 2.05) is 6.92 Å². The van der Waals surface area contributed by atoms with Crippen molar-refractivity contribution in [3.8, 4) is 0 Å². The molecule has 0 aromatic heterocycles. The number of hydrogen-bond donors (Lipinski definition) is 4. The van der Waals surface area contributed by atoms with Gasteiger partial charge in [-0.25, -0.2) is 0 Å². The van der Waals surface area contributed by atoms with Crippen LogP contribution in [0.2, 0.25) is 0 Å². The second kappa shape index (κ2) is 17.0. The molecule has 0 unspecified atom stereocenters. The van der Waals surface area contributed by atoms with Gasteiger partial charge in [0, 0.05) is 12.3 Å². The molecule has 0 bridgehead atoms. The Hall–Kier alpha value is -2.53. The number of nitrogens with one attached hydrogen (secondary N) is 3. The van der Waals surface area contributed by atoms with Crippen LogP contribution in [0.1, 0.15) is 39.7 Å². The predicted molar refractivity (Wildman–Crippen MR) is 128 cm³/mol. The van der Waals surface area contributed by atoms with Gasteiger partial charge in [-0.15, -0.1) is 0 Å². The molecule has 10 nitrogen and oxygen atoms in total. The van der Waals surface area contributed by atoms with Gasteiger partial charge in [-0.3, -0.25) is 14.4 Å². The molecule has 0 saturated heterocycles. The molecule has 1 aromatic rings. The largest absolute Gasteiger partial charge is 0.392 e. The summed E-state index contributed by atoms with van der Waals surface area (Å²) in [5.41, 5.74) is 1.27. The summed E-state index contributed by atoms with van der Waals surface area (Å²) in [5.74, 6) is -1.49. The molecule has 0 aliphatic heterocycles. The van der Waals surface area contributed by atoms with E-state index < -0.39 is 29.8 Å². The Kier molecular flexibility index (Phi) is 14.7. The van der Waals surface area contributed by atoms with Crippen molar-refractivity contribution in [1.29, 1.82) is 0 Å². The Labute approximate surface area is 201 Å². The zero-order chi connectivity index (χ0) is 25.3. The molecule has 3 amide bonds. The van der Waals surface area contributed by atoms with Gasteiger partial charge in [-0.1, -0.05) is 32.9 Å². The van der Waals surface area contributed by atoms with Crippen molar-refractivity contribution in [2.45, 2.75) is 52.8 Å². The lowest BCUT2D eigenvalue weighted by atomic mass is 10.0. The fraction of sp³-hybridized carbons (Fsp3) is 0.625. The summed E-state index contributed by atoms with van der Waals surface area (Å²) in [4.78, 5) is 37.3. The summed E-state index contributed by atoms with van der Waals surface area (Å²) >= 11 is 0. The highest BCUT2D eigenvalue weighted by atomic mass is 16.5. The molecule has 1 rings (SSSR count). The number of benzene rings is 1. The van der Waals surface area contributed by atoms with E-state index in [1.54, 1.807) is 45.0 Å². The van der Waals surface area contributed by atoms with Crippen molar-refractivity contribution in [3.63, 3.8) is 0 Å². The van der Waals surface area contributed by atoms with E-state index in [2.05, 4.69) is 16.0 Å². The molecular weight excluding hydrogens is 442 g/mol. The average Bonchev–Trinajstić information content (AvgIpc) is 2.81. The van der Waals surface area contributed by atoms with Crippen molar-refractivity contribution in [2.75, 3.05) is 45.0 Å². The summed E-state index contributed by atoms with van der Waals surface area (Å²) in [6.07, 6.45) is 0.959. The number of anilines is 1. The SMILES string of the molecule is CCCOCCOCCOCC(=O)N[C@H](C(=O)N[C@@H](C)C(=O)Nc1ccc(CO)cc1)C(C)C. The van der Waals surface area contributed by atoms with E-state index in [1.165, 1.54) is 0 Å². The topological polar surface area (TPSA) is 135 Å². The highest BCUT2D eigenvalue weighted by Gasteiger charge is 2.27. The van der Waals surface area contributed by atoms with Crippen molar-refractivity contribution >= 4 is 23.4 Å². The van der Waals surface area contributed by atoms with Gasteiger partial charge in [-0.2, -0.15) is 0 Å². The van der Waals surface area contributed by atoms with Crippen molar-refractivity contribution in [2.24, 2.45) is 5.92 Å². The second-order valence-electron chi connectivity index (χ2n) is 8.14. The number of carbonyl (C=O) groups excluding carboxylic acids is 3. The fourth-order valence-corrected chi connectivity index (χ4v) is 2.81. The second-order valence-corrected chi connectivity index (χ2v) is 8.14. The standard InChI is InChI=1S/C24H39N3O7/c1-5-10-32-11-12-33-13-14-34-16-21(29)27-22(17(2)3)24(31)25-18(4)23(30)26-20-8-6-19(15-28)7-9-20/h6-9,17-18,22,28H,5,10-16H2,1-4H3,(H,25,31)(H,26,30)(H,27,29)/t18-,22-/m0/s1. The van der Waals surface area contributed by atoms with E-state index >= 15 is 0 Å². The first kappa shape index (κ1) is 29.5. The molecule has 10 heteroatoms. The van der Waals surface area contributed by atoms with Crippen LogP contribution in [0.25, 0.3) is 0 Å². The van der Waals surface area contributed by atoms with Crippen molar-refractivity contribution in [1.82, 2.24) is 10.6 Å². The summed E-state index contributed by atoms with van der Waals surface area (Å²) < 4.78 is 15.9. The summed E-state index contributed by atoms with van der Waals surface area (Å²) in [6, 6.07) is 5.08. The third-order valence-electron chi connectivity index (χ3n) is 4.75. The number of carbonyl (C=O) groups is 3. The molecule has 0 saturated carbocycles. The highest BCUT2D eigenvalue weighted by molar-refractivity contribution is 5.98. The molecular formula is C24H39N3O7. The van der Waals surface area contributed by atoms with Crippen LogP contribution in [0.15, 0.2) is 24.3 Å². The number of ether oxygens (including phenoxy) is 3. The lowest BCUT2D eigenvalue weighted by Crippen LogP contribution is -2.54. The lowest BCUT2D eigenvalue weighted by molar-refractivity contribution is -0.133. The molecule has 0 heterocycles. The van der Waals surface area contributed by atoms with Crippen LogP contribution >= 0.6 is 0 Å². The molecule has 34 heavy (non-hydrogen) atoms. The lowest BCUT2D eigenvalue weighted by Gasteiger charge is -2.23. The maximum Gasteiger partial charge on any atom is 0.246 e. The Morgan fingerprint density at radius 2 is 1.44 bits per heavy atom. The highest BCUT2D eigenvalue weighted by Crippen LogP contribution is 2.10. The van der Waals surface area contributed by atoms with Gasteiger partial charge in [0.25, 0.3) is 0 Å². The minimum atomic E-state index is -0.821. The Morgan fingerprint density at radius 1 is 0.853 bits per heavy atom. The average molecular weight is 482 g/mol. The summed E-state index contributed by atoms with van der Waals surface area (Å²) in [5, 5.41) is 17.1. The quantitative estimate of drug-likeness (QED) is 0.246. The van der Waals surface area contributed by atoms with E-state index in [4.69, 9.17) is 19.3 Å². The van der Waals surface area contributed by atoms with Gasteiger partial charge in [0.05, 0.1) is 33.0 Å². The van der Waals surface area contributed by atoms with Crippen LogP contribution in [-0.4, -0.2) is 74.6 Å². The van der Waals surface area contributed by atoms with Crippen LogP contribution in [0.3, 0.4) is 0 Å². The van der Waals surface area contributed by atoms with Crippen LogP contribution in [-0.2, 0) is 35.2 Å². The van der Waals surface area contributed by atoms with Crippen LogP contribution in [0, 0.1) is 5.92 Å². The van der Waals surface area contributed by atoms with E-state index in [0.29, 0.717) is 32.1 Å². The normalized spacial score (nSPS) is 12.8. The first-order valence-corrected chi connectivity index (χ1v) is 11.6. The summed E-state index contributed by atoms with van der Waals surface area (Å²) in [6.45, 7) is 9.17. The molecule has 0 aliphatic rings. The number of rotatable bonds is 17. The van der Waals surface area contributed by atoms with Gasteiger partial charge in [0.15, 0.2) is 0 Å². The molecule has 2 atom stereocenters. The zero-order valence-electron chi connectivity index (χ0n) is 20.6. The Morgan fingerprint density at radius 3 is 2.00 bits per heavy atom. The van der Waals surface area contributed by atoms with Gasteiger partial charge in [0.2, 0.25) is 17.7 Å². The van der Waals surface area contributed by atoms with E-state index in [9.17, 15) is 14.4 Å². The smallest absolute Gasteiger partial charge is 0.246 e. The van der Waals surface area contributed by atoms with E-state index in [0.717, 1.165) is 12.0 Å². The third-order valence-corrected chi connectivity index (χ3v) is 4.75. The van der Waals surface area contributed by atoms with Crippen molar-refractivity contribution < 1.29 is 33.7 Å². The zero-order valence-corrected chi connectivity index (χ0v) is 20.6. The number of aliphatic hydroxyl groups is 1. The minimum Gasteiger partial charge on any atom is -0.392 e. The maximum absolute atomic E-state index is 12.7. The molecule has 4 N–H and O–H groups in total. The molecule has 192 valence electrons. The Balaban J connectivity index is 2.38. The summed E-state index contributed by atoms with van der Waals surface area (Å²) in [7, 11) is 0. The number of amides is 3. The molecule has 0 radical (unpaired) electrons. The fourth-order valence-electron chi connectivity index (χ4n) is 2.81. The first-order valence-electron chi connectivity index (χ1n) is 11.6. The molecule has 1 aromatic carbocycles. The molecule has 0 aliphatic carbocycles. The van der Waals surface area contributed by atoms with Crippen LogP contribution in [0.5, 0.6) is 0 Å². The molecule has 0 fully saturated rings. The Bertz CT molecular complexity index is 741. The third kappa shape index (κ3) is 12.1. The predicted octanol–water partition coefficient (Wildman–Crippen LogP) is 1.22. The first-order chi connectivity index (χ1) is 16.3. The van der Waals surface area contributed by atoms with Crippen molar-refractivity contribution in [3.05, 3.63) is 29.8 Å². The number of aliphatic hydroxyl groups excluding tert-OH is 1. The van der Waals surface area contributed by atoms with Gasteiger partial charge in [-0.05, 0) is 37.0 Å². The molecule has 0 spiro atoms. The van der Waals surface area contributed by atoms with Gasteiger partial charge < -0.3 is 35.3 Å². The maximum atomic E-state index is 12.7. The monoisotopic (exact) mass is 481 g/mol. The van der Waals surface area contributed by atoms with Gasteiger partial charge >= 0.3 is 0 Å². The minimum absolute atomic E-state index is 0.0869. The number of hydrogen-bond acceptors (Lipinski definition) is 7. The van der Waals surface area contributed by atoms with Crippen LogP contribution < -0.4 is 16.0 Å². The van der Waals surface area contributed by atoms with Gasteiger partial charge in [0.1, 0.15) is 18.7 Å². The van der Waals surface area contributed by atoms with Crippen LogP contribution in [0.4, 0.5) is 5.69 Å². The van der Waals surface area contributed by atoms with E-state index in [-0.39, 0.29) is 25.7 Å².